The SMILES string of the molecule is CC(=O)N1CCCN(CC2CCCN(C(=O)/C=C(\C)C3CC3)C2)CC1. The van der Waals surface area contributed by atoms with E-state index in [0.717, 1.165) is 58.7 Å². The Morgan fingerprint density at radius 3 is 2.40 bits per heavy atom. The van der Waals surface area contributed by atoms with Gasteiger partial charge in [0.15, 0.2) is 0 Å². The van der Waals surface area contributed by atoms with Crippen LogP contribution in [0.5, 0.6) is 0 Å². The predicted molar refractivity (Wildman–Crippen MR) is 99.1 cm³/mol. The zero-order valence-corrected chi connectivity index (χ0v) is 15.9. The van der Waals surface area contributed by atoms with Crippen molar-refractivity contribution in [3.05, 3.63) is 11.6 Å². The molecule has 0 N–H and O–H groups in total. The average molecular weight is 348 g/mol. The van der Waals surface area contributed by atoms with Gasteiger partial charge in [-0.15, -0.1) is 0 Å². The van der Waals surface area contributed by atoms with Gasteiger partial charge in [0, 0.05) is 52.3 Å². The topological polar surface area (TPSA) is 43.9 Å². The number of amides is 2. The predicted octanol–water partition coefficient (Wildman–Crippen LogP) is 2.14. The van der Waals surface area contributed by atoms with Crippen molar-refractivity contribution in [2.24, 2.45) is 11.8 Å². The Balaban J connectivity index is 1.49. The second-order valence-corrected chi connectivity index (χ2v) is 8.12. The van der Waals surface area contributed by atoms with E-state index in [2.05, 4.69) is 16.7 Å². The van der Waals surface area contributed by atoms with Crippen LogP contribution < -0.4 is 0 Å². The molecular formula is C20H33N3O2. The zero-order chi connectivity index (χ0) is 17.8. The summed E-state index contributed by atoms with van der Waals surface area (Å²) in [4.78, 5) is 30.6. The van der Waals surface area contributed by atoms with Gasteiger partial charge in [0.2, 0.25) is 11.8 Å². The van der Waals surface area contributed by atoms with Gasteiger partial charge in [-0.3, -0.25) is 9.59 Å². The van der Waals surface area contributed by atoms with Crippen molar-refractivity contribution in [2.75, 3.05) is 45.8 Å². The first kappa shape index (κ1) is 18.4. The van der Waals surface area contributed by atoms with Crippen LogP contribution in [0.3, 0.4) is 0 Å². The van der Waals surface area contributed by atoms with Gasteiger partial charge < -0.3 is 14.7 Å². The van der Waals surface area contributed by atoms with E-state index < -0.39 is 0 Å². The molecule has 2 amide bonds. The molecule has 0 spiro atoms. The van der Waals surface area contributed by atoms with Gasteiger partial charge in [-0.25, -0.2) is 0 Å². The Hall–Kier alpha value is -1.36. The molecule has 1 aliphatic carbocycles. The van der Waals surface area contributed by atoms with E-state index in [1.54, 1.807) is 6.92 Å². The second-order valence-electron chi connectivity index (χ2n) is 8.12. The Morgan fingerprint density at radius 1 is 0.920 bits per heavy atom. The quantitative estimate of drug-likeness (QED) is 0.732. The monoisotopic (exact) mass is 347 g/mol. The molecule has 3 rings (SSSR count). The highest BCUT2D eigenvalue weighted by molar-refractivity contribution is 5.88. The molecule has 3 fully saturated rings. The van der Waals surface area contributed by atoms with E-state index in [9.17, 15) is 9.59 Å². The van der Waals surface area contributed by atoms with Crippen LogP contribution in [0.4, 0.5) is 0 Å². The lowest BCUT2D eigenvalue weighted by Gasteiger charge is -2.35. The lowest BCUT2D eigenvalue weighted by atomic mass is 9.97. The first-order chi connectivity index (χ1) is 12.0. The third-order valence-electron chi connectivity index (χ3n) is 5.95. The van der Waals surface area contributed by atoms with Gasteiger partial charge in [-0.1, -0.05) is 5.57 Å². The number of nitrogens with zero attached hydrogens (tertiary/aromatic N) is 3. The maximum atomic E-state index is 12.5. The molecule has 0 aromatic carbocycles. The maximum absolute atomic E-state index is 12.5. The van der Waals surface area contributed by atoms with E-state index in [-0.39, 0.29) is 11.8 Å². The fraction of sp³-hybridized carbons (Fsp3) is 0.800. The highest BCUT2D eigenvalue weighted by Crippen LogP contribution is 2.36. The van der Waals surface area contributed by atoms with Crippen molar-refractivity contribution in [2.45, 2.75) is 46.0 Å². The number of hydrogen-bond acceptors (Lipinski definition) is 3. The van der Waals surface area contributed by atoms with Crippen LogP contribution in [0.2, 0.25) is 0 Å². The molecule has 2 heterocycles. The number of likely N-dealkylation sites (tertiary alicyclic amines) is 1. The van der Waals surface area contributed by atoms with Crippen molar-refractivity contribution in [3.8, 4) is 0 Å². The molecule has 1 unspecified atom stereocenters. The van der Waals surface area contributed by atoms with E-state index in [1.807, 2.05) is 11.0 Å². The first-order valence-electron chi connectivity index (χ1n) is 9.98. The Bertz CT molecular complexity index is 527. The van der Waals surface area contributed by atoms with Crippen LogP contribution in [0.15, 0.2) is 11.6 Å². The third kappa shape index (κ3) is 5.30. The minimum atomic E-state index is 0.189. The Morgan fingerprint density at radius 2 is 1.68 bits per heavy atom. The molecule has 0 aromatic heterocycles. The number of carbonyl (C=O) groups excluding carboxylic acids is 2. The van der Waals surface area contributed by atoms with Crippen LogP contribution in [0, 0.1) is 11.8 Å². The molecule has 1 atom stereocenters. The minimum Gasteiger partial charge on any atom is -0.342 e. The van der Waals surface area contributed by atoms with E-state index in [1.165, 1.54) is 24.8 Å². The number of hydrogen-bond donors (Lipinski definition) is 0. The van der Waals surface area contributed by atoms with Gasteiger partial charge in [0.05, 0.1) is 0 Å². The fourth-order valence-corrected chi connectivity index (χ4v) is 4.19. The van der Waals surface area contributed by atoms with Crippen molar-refractivity contribution in [1.82, 2.24) is 14.7 Å². The molecule has 5 nitrogen and oxygen atoms in total. The summed E-state index contributed by atoms with van der Waals surface area (Å²) in [5, 5.41) is 0. The molecule has 25 heavy (non-hydrogen) atoms. The molecule has 0 bridgehead atoms. The summed E-state index contributed by atoms with van der Waals surface area (Å²) in [7, 11) is 0. The highest BCUT2D eigenvalue weighted by atomic mass is 16.2. The zero-order valence-electron chi connectivity index (χ0n) is 15.9. The smallest absolute Gasteiger partial charge is 0.246 e. The van der Waals surface area contributed by atoms with Crippen LogP contribution in [-0.2, 0) is 9.59 Å². The van der Waals surface area contributed by atoms with Crippen LogP contribution in [0.1, 0.15) is 46.0 Å². The summed E-state index contributed by atoms with van der Waals surface area (Å²) in [5.41, 5.74) is 1.27. The summed E-state index contributed by atoms with van der Waals surface area (Å²) >= 11 is 0. The van der Waals surface area contributed by atoms with Gasteiger partial charge in [-0.05, 0) is 57.4 Å². The van der Waals surface area contributed by atoms with Crippen molar-refractivity contribution in [3.63, 3.8) is 0 Å². The Labute approximate surface area is 152 Å². The molecule has 2 saturated heterocycles. The largest absolute Gasteiger partial charge is 0.342 e. The maximum Gasteiger partial charge on any atom is 0.246 e. The lowest BCUT2D eigenvalue weighted by Crippen LogP contribution is -2.44. The van der Waals surface area contributed by atoms with Crippen LogP contribution in [0.25, 0.3) is 0 Å². The molecule has 2 aliphatic heterocycles. The highest BCUT2D eigenvalue weighted by Gasteiger charge is 2.27. The van der Waals surface area contributed by atoms with Crippen LogP contribution in [-0.4, -0.2) is 72.3 Å². The van der Waals surface area contributed by atoms with Gasteiger partial charge in [-0.2, -0.15) is 0 Å². The Kier molecular flexibility index (Phi) is 6.15. The number of allylic oxidation sites excluding steroid dienone is 1. The van der Waals surface area contributed by atoms with E-state index >= 15 is 0 Å². The molecule has 0 radical (unpaired) electrons. The molecular weight excluding hydrogens is 314 g/mol. The van der Waals surface area contributed by atoms with Gasteiger partial charge in [0.1, 0.15) is 0 Å². The summed E-state index contributed by atoms with van der Waals surface area (Å²) in [5.74, 6) is 1.64. The van der Waals surface area contributed by atoms with Crippen molar-refractivity contribution in [1.29, 1.82) is 0 Å². The number of carbonyl (C=O) groups is 2. The summed E-state index contributed by atoms with van der Waals surface area (Å²) in [6, 6.07) is 0. The molecule has 140 valence electrons. The molecule has 1 saturated carbocycles. The average Bonchev–Trinajstić information content (AvgIpc) is 3.42. The lowest BCUT2D eigenvalue weighted by molar-refractivity contribution is -0.129. The van der Waals surface area contributed by atoms with E-state index in [4.69, 9.17) is 0 Å². The van der Waals surface area contributed by atoms with Crippen molar-refractivity contribution >= 4 is 11.8 Å². The fourth-order valence-electron chi connectivity index (χ4n) is 4.19. The third-order valence-corrected chi connectivity index (χ3v) is 5.95. The molecule has 5 heteroatoms. The number of piperidine rings is 1. The normalized spacial score (nSPS) is 26.5. The summed E-state index contributed by atoms with van der Waals surface area (Å²) < 4.78 is 0. The van der Waals surface area contributed by atoms with Crippen molar-refractivity contribution < 1.29 is 9.59 Å². The summed E-state index contributed by atoms with van der Waals surface area (Å²) in [6.45, 7) is 10.4. The standard InChI is InChI=1S/C20H33N3O2/c1-16(19-6-7-19)13-20(25)23-9-3-5-18(15-23)14-21-8-4-10-22(12-11-21)17(2)24/h13,18-19H,3-12,14-15H2,1-2H3/b16-13+. The molecule has 0 aromatic rings. The van der Waals surface area contributed by atoms with E-state index in [0.29, 0.717) is 11.8 Å². The van der Waals surface area contributed by atoms with Gasteiger partial charge >= 0.3 is 0 Å². The van der Waals surface area contributed by atoms with Gasteiger partial charge in [0.25, 0.3) is 0 Å². The van der Waals surface area contributed by atoms with Crippen LogP contribution >= 0.6 is 0 Å². The summed E-state index contributed by atoms with van der Waals surface area (Å²) in [6.07, 6.45) is 7.77. The minimum absolute atomic E-state index is 0.189. The second kappa shape index (κ2) is 8.35. The molecule has 3 aliphatic rings. The number of rotatable bonds is 4. The first-order valence-corrected chi connectivity index (χ1v) is 9.98.